The van der Waals surface area contributed by atoms with Gasteiger partial charge in [0.15, 0.2) is 0 Å². The summed E-state index contributed by atoms with van der Waals surface area (Å²) >= 11 is 0. The molecule has 2 aliphatic rings. The van der Waals surface area contributed by atoms with E-state index in [2.05, 4.69) is 37.9 Å². The van der Waals surface area contributed by atoms with Gasteiger partial charge in [-0.3, -0.25) is 0 Å². The van der Waals surface area contributed by atoms with Gasteiger partial charge < -0.3 is 15.0 Å². The first-order chi connectivity index (χ1) is 8.46. The molecule has 0 spiro atoms. The Balaban J connectivity index is 1.59. The van der Waals surface area contributed by atoms with Crippen molar-refractivity contribution >= 4 is 0 Å². The Morgan fingerprint density at radius 1 is 1.28 bits per heavy atom. The number of nitrogens with one attached hydrogen (secondary N) is 1. The maximum atomic E-state index is 6.00. The highest BCUT2D eigenvalue weighted by Gasteiger charge is 2.31. The molecule has 0 radical (unpaired) electrons. The summed E-state index contributed by atoms with van der Waals surface area (Å²) < 4.78 is 6.00. The second kappa shape index (κ2) is 5.89. The van der Waals surface area contributed by atoms with Crippen LogP contribution in [-0.4, -0.2) is 48.8 Å². The predicted molar refractivity (Wildman–Crippen MR) is 75.9 cm³/mol. The molecular weight excluding hydrogens is 224 g/mol. The van der Waals surface area contributed by atoms with Crippen molar-refractivity contribution in [2.75, 3.05) is 26.2 Å². The van der Waals surface area contributed by atoms with E-state index in [1.54, 1.807) is 0 Å². The Morgan fingerprint density at radius 3 is 2.61 bits per heavy atom. The van der Waals surface area contributed by atoms with Crippen LogP contribution in [0.3, 0.4) is 0 Å². The molecule has 3 heteroatoms. The summed E-state index contributed by atoms with van der Waals surface area (Å²) in [5.41, 5.74) is 0.105. The average Bonchev–Trinajstić information content (AvgIpc) is 2.86. The third kappa shape index (κ3) is 3.94. The van der Waals surface area contributed by atoms with E-state index in [-0.39, 0.29) is 5.60 Å². The van der Waals surface area contributed by atoms with Gasteiger partial charge >= 0.3 is 0 Å². The van der Waals surface area contributed by atoms with Crippen LogP contribution >= 0.6 is 0 Å². The number of hydrogen-bond donors (Lipinski definition) is 1. The van der Waals surface area contributed by atoms with E-state index >= 15 is 0 Å². The van der Waals surface area contributed by atoms with Gasteiger partial charge in [-0.25, -0.2) is 0 Å². The summed E-state index contributed by atoms with van der Waals surface area (Å²) in [5.74, 6) is 0.835. The lowest BCUT2D eigenvalue weighted by atomic mass is 10.1. The zero-order chi connectivity index (χ0) is 13.2. The summed E-state index contributed by atoms with van der Waals surface area (Å²) in [4.78, 5) is 2.58. The third-order valence-corrected chi connectivity index (χ3v) is 4.41. The summed E-state index contributed by atoms with van der Waals surface area (Å²) in [7, 11) is 0. The molecule has 0 saturated carbocycles. The van der Waals surface area contributed by atoms with E-state index < -0.39 is 0 Å². The van der Waals surface area contributed by atoms with Crippen LogP contribution in [0.15, 0.2) is 0 Å². The van der Waals surface area contributed by atoms with Crippen molar-refractivity contribution in [3.8, 4) is 0 Å². The summed E-state index contributed by atoms with van der Waals surface area (Å²) in [6.45, 7) is 13.7. The maximum absolute atomic E-state index is 6.00. The molecule has 0 aromatic rings. The second-order valence-electron chi connectivity index (χ2n) is 6.94. The van der Waals surface area contributed by atoms with Gasteiger partial charge in [-0.2, -0.15) is 0 Å². The van der Waals surface area contributed by atoms with Gasteiger partial charge in [-0.05, 0) is 66.0 Å². The molecule has 18 heavy (non-hydrogen) atoms. The Labute approximate surface area is 112 Å². The van der Waals surface area contributed by atoms with Crippen LogP contribution in [0.5, 0.6) is 0 Å². The SMILES string of the molecule is CC(C)N1CCC(CNCC2CCC(C)(C)O2)C1. The van der Waals surface area contributed by atoms with Crippen LogP contribution in [0, 0.1) is 5.92 Å². The van der Waals surface area contributed by atoms with Gasteiger partial charge in [0, 0.05) is 19.1 Å². The van der Waals surface area contributed by atoms with Gasteiger partial charge in [-0.1, -0.05) is 0 Å². The van der Waals surface area contributed by atoms with E-state index in [0.717, 1.165) is 19.0 Å². The quantitative estimate of drug-likeness (QED) is 0.814. The first-order valence-corrected chi connectivity index (χ1v) is 7.59. The van der Waals surface area contributed by atoms with Crippen LogP contribution in [0.25, 0.3) is 0 Å². The Morgan fingerprint density at radius 2 is 2.06 bits per heavy atom. The number of hydrogen-bond acceptors (Lipinski definition) is 3. The first kappa shape index (κ1) is 14.3. The minimum Gasteiger partial charge on any atom is -0.371 e. The summed E-state index contributed by atoms with van der Waals surface area (Å²) in [6, 6.07) is 0.703. The van der Waals surface area contributed by atoms with Gasteiger partial charge in [0.2, 0.25) is 0 Å². The normalized spacial score (nSPS) is 32.5. The largest absolute Gasteiger partial charge is 0.371 e. The zero-order valence-electron chi connectivity index (χ0n) is 12.5. The van der Waals surface area contributed by atoms with Crippen molar-refractivity contribution in [3.05, 3.63) is 0 Å². The van der Waals surface area contributed by atoms with Crippen molar-refractivity contribution < 1.29 is 4.74 Å². The molecule has 3 nitrogen and oxygen atoms in total. The molecule has 106 valence electrons. The number of ether oxygens (including phenoxy) is 1. The van der Waals surface area contributed by atoms with Crippen molar-refractivity contribution in [2.24, 2.45) is 5.92 Å². The van der Waals surface area contributed by atoms with E-state index in [1.807, 2.05) is 0 Å². The van der Waals surface area contributed by atoms with E-state index in [9.17, 15) is 0 Å². The second-order valence-corrected chi connectivity index (χ2v) is 6.94. The fourth-order valence-electron chi connectivity index (χ4n) is 3.17. The number of likely N-dealkylation sites (tertiary alicyclic amines) is 1. The van der Waals surface area contributed by atoms with Crippen LogP contribution in [0.4, 0.5) is 0 Å². The van der Waals surface area contributed by atoms with Gasteiger partial charge in [-0.15, -0.1) is 0 Å². The molecule has 2 unspecified atom stereocenters. The number of rotatable bonds is 5. The van der Waals surface area contributed by atoms with Crippen LogP contribution in [-0.2, 0) is 4.74 Å². The Hall–Kier alpha value is -0.120. The molecule has 2 heterocycles. The standard InChI is InChI=1S/C15H30N2O/c1-12(2)17-8-6-13(11-17)9-16-10-14-5-7-15(3,4)18-14/h12-14,16H,5-11H2,1-4H3. The molecule has 2 rings (SSSR count). The predicted octanol–water partition coefficient (Wildman–Crippen LogP) is 2.26. The monoisotopic (exact) mass is 254 g/mol. The van der Waals surface area contributed by atoms with E-state index in [1.165, 1.54) is 32.4 Å². The van der Waals surface area contributed by atoms with Crippen molar-refractivity contribution in [3.63, 3.8) is 0 Å². The molecule has 1 N–H and O–H groups in total. The molecule has 0 bridgehead atoms. The fraction of sp³-hybridized carbons (Fsp3) is 1.00. The van der Waals surface area contributed by atoms with Crippen LogP contribution < -0.4 is 5.32 Å². The van der Waals surface area contributed by atoms with Crippen molar-refractivity contribution in [2.45, 2.75) is 64.7 Å². The molecule has 0 amide bonds. The molecule has 2 saturated heterocycles. The lowest BCUT2D eigenvalue weighted by Gasteiger charge is -2.21. The third-order valence-electron chi connectivity index (χ3n) is 4.41. The average molecular weight is 254 g/mol. The lowest BCUT2D eigenvalue weighted by Crippen LogP contribution is -2.34. The maximum Gasteiger partial charge on any atom is 0.0707 e. The fourth-order valence-corrected chi connectivity index (χ4v) is 3.17. The van der Waals surface area contributed by atoms with Crippen LogP contribution in [0.1, 0.15) is 47.0 Å². The number of nitrogens with zero attached hydrogens (tertiary/aromatic N) is 1. The molecule has 2 atom stereocenters. The van der Waals surface area contributed by atoms with Crippen molar-refractivity contribution in [1.82, 2.24) is 10.2 Å². The zero-order valence-corrected chi connectivity index (χ0v) is 12.5. The molecule has 0 aromatic heterocycles. The topological polar surface area (TPSA) is 24.5 Å². The van der Waals surface area contributed by atoms with Crippen molar-refractivity contribution in [1.29, 1.82) is 0 Å². The first-order valence-electron chi connectivity index (χ1n) is 7.59. The summed E-state index contributed by atoms with van der Waals surface area (Å²) in [6.07, 6.45) is 4.19. The molecule has 0 aromatic carbocycles. The highest BCUT2D eigenvalue weighted by atomic mass is 16.5. The molecule has 0 aliphatic carbocycles. The van der Waals surface area contributed by atoms with Gasteiger partial charge in [0.05, 0.1) is 11.7 Å². The smallest absolute Gasteiger partial charge is 0.0707 e. The Bertz CT molecular complexity index is 265. The minimum atomic E-state index is 0.105. The van der Waals surface area contributed by atoms with E-state index in [0.29, 0.717) is 12.1 Å². The highest BCUT2D eigenvalue weighted by Crippen LogP contribution is 2.28. The van der Waals surface area contributed by atoms with Gasteiger partial charge in [0.25, 0.3) is 0 Å². The lowest BCUT2D eigenvalue weighted by molar-refractivity contribution is -0.0144. The Kier molecular flexibility index (Phi) is 4.68. The molecule has 2 fully saturated rings. The molecule has 2 aliphatic heterocycles. The molecular formula is C15H30N2O. The summed E-state index contributed by atoms with van der Waals surface area (Å²) in [5, 5.41) is 3.61. The van der Waals surface area contributed by atoms with E-state index in [4.69, 9.17) is 4.74 Å². The highest BCUT2D eigenvalue weighted by molar-refractivity contribution is 4.83. The van der Waals surface area contributed by atoms with Gasteiger partial charge in [0.1, 0.15) is 0 Å². The minimum absolute atomic E-state index is 0.105. The van der Waals surface area contributed by atoms with Crippen LogP contribution in [0.2, 0.25) is 0 Å².